The second kappa shape index (κ2) is 8.76. The summed E-state index contributed by atoms with van der Waals surface area (Å²) in [6, 6.07) is 14.9. The van der Waals surface area contributed by atoms with Gasteiger partial charge in [0.2, 0.25) is 0 Å². The predicted molar refractivity (Wildman–Crippen MR) is 95.7 cm³/mol. The summed E-state index contributed by atoms with van der Waals surface area (Å²) >= 11 is 7.02. The molecule has 5 heteroatoms. The Hall–Kier alpha value is -1.59. The molecule has 0 amide bonds. The van der Waals surface area contributed by atoms with E-state index < -0.39 is 0 Å². The molecule has 116 valence electrons. The second-order valence-corrected chi connectivity index (χ2v) is 6.47. The number of nitrogens with one attached hydrogen (secondary N) is 2. The molecule has 0 fully saturated rings. The molecule has 0 saturated carbocycles. The topological polar surface area (TPSA) is 24.1 Å². The van der Waals surface area contributed by atoms with Crippen LogP contribution in [-0.2, 0) is 6.54 Å². The first-order chi connectivity index (χ1) is 10.6. The monoisotopic (exact) mass is 334 g/mol. The number of rotatable bonds is 6. The van der Waals surface area contributed by atoms with E-state index in [1.165, 1.54) is 22.6 Å². The fourth-order valence-electron chi connectivity index (χ4n) is 1.82. The molecule has 0 aliphatic heterocycles. The van der Waals surface area contributed by atoms with Gasteiger partial charge in [0.05, 0.1) is 0 Å². The zero-order valence-electron chi connectivity index (χ0n) is 12.4. The van der Waals surface area contributed by atoms with Gasteiger partial charge in [-0.3, -0.25) is 0 Å². The molecule has 2 N–H and O–H groups in total. The Balaban J connectivity index is 1.61. The Morgan fingerprint density at radius 1 is 1.05 bits per heavy atom. The van der Waals surface area contributed by atoms with Crippen LogP contribution in [0.5, 0.6) is 0 Å². The van der Waals surface area contributed by atoms with Gasteiger partial charge < -0.3 is 10.6 Å². The average Bonchev–Trinajstić information content (AvgIpc) is 2.53. The SMILES string of the molecule is Cc1ccc(SCCNC(=S)NCc2ccc(F)cc2)cc1. The number of hydrogen-bond donors (Lipinski definition) is 2. The molecule has 2 aromatic rings. The highest BCUT2D eigenvalue weighted by Gasteiger charge is 1.98. The number of thioether (sulfide) groups is 1. The molecule has 0 saturated heterocycles. The Morgan fingerprint density at radius 2 is 1.73 bits per heavy atom. The van der Waals surface area contributed by atoms with E-state index in [-0.39, 0.29) is 5.82 Å². The molecular formula is C17H19FN2S2. The standard InChI is InChI=1S/C17H19FN2S2/c1-13-2-8-16(9-3-13)22-11-10-19-17(21)20-12-14-4-6-15(18)7-5-14/h2-9H,10-12H2,1H3,(H2,19,20,21). The van der Waals surface area contributed by atoms with Crippen LogP contribution in [0.3, 0.4) is 0 Å². The van der Waals surface area contributed by atoms with E-state index in [1.54, 1.807) is 23.9 Å². The summed E-state index contributed by atoms with van der Waals surface area (Å²) in [5.74, 6) is 0.721. The lowest BCUT2D eigenvalue weighted by Crippen LogP contribution is -2.35. The molecular weight excluding hydrogens is 315 g/mol. The van der Waals surface area contributed by atoms with Crippen LogP contribution in [0.4, 0.5) is 4.39 Å². The van der Waals surface area contributed by atoms with Gasteiger partial charge in [0, 0.05) is 23.7 Å². The molecule has 0 radical (unpaired) electrons. The minimum Gasteiger partial charge on any atom is -0.362 e. The second-order valence-electron chi connectivity index (χ2n) is 4.90. The molecule has 0 spiro atoms. The third-order valence-electron chi connectivity index (χ3n) is 3.04. The van der Waals surface area contributed by atoms with E-state index in [0.717, 1.165) is 17.9 Å². The Kier molecular flexibility index (Phi) is 6.68. The number of hydrogen-bond acceptors (Lipinski definition) is 2. The first-order valence-electron chi connectivity index (χ1n) is 7.09. The van der Waals surface area contributed by atoms with Crippen LogP contribution in [0.2, 0.25) is 0 Å². The van der Waals surface area contributed by atoms with Crippen LogP contribution < -0.4 is 10.6 Å². The lowest BCUT2D eigenvalue weighted by Gasteiger charge is -2.10. The van der Waals surface area contributed by atoms with E-state index in [9.17, 15) is 4.39 Å². The number of aryl methyl sites for hydroxylation is 1. The summed E-state index contributed by atoms with van der Waals surface area (Å²) in [6.45, 7) is 3.48. The minimum absolute atomic E-state index is 0.224. The fraction of sp³-hybridized carbons (Fsp3) is 0.235. The molecule has 0 heterocycles. The maximum Gasteiger partial charge on any atom is 0.166 e. The van der Waals surface area contributed by atoms with Crippen LogP contribution in [0.15, 0.2) is 53.4 Å². The van der Waals surface area contributed by atoms with Crippen molar-refractivity contribution in [3.8, 4) is 0 Å². The van der Waals surface area contributed by atoms with Gasteiger partial charge in [0.25, 0.3) is 0 Å². The highest BCUT2D eigenvalue weighted by Crippen LogP contribution is 2.17. The Bertz CT molecular complexity index is 597. The van der Waals surface area contributed by atoms with Crippen molar-refractivity contribution in [2.75, 3.05) is 12.3 Å². The van der Waals surface area contributed by atoms with Gasteiger partial charge in [-0.1, -0.05) is 29.8 Å². The van der Waals surface area contributed by atoms with Crippen molar-refractivity contribution in [2.24, 2.45) is 0 Å². The highest BCUT2D eigenvalue weighted by molar-refractivity contribution is 7.99. The first kappa shape index (κ1) is 16.8. The first-order valence-corrected chi connectivity index (χ1v) is 8.48. The van der Waals surface area contributed by atoms with Crippen molar-refractivity contribution >= 4 is 29.1 Å². The largest absolute Gasteiger partial charge is 0.362 e. The minimum atomic E-state index is -0.224. The highest BCUT2D eigenvalue weighted by atomic mass is 32.2. The summed E-state index contributed by atoms with van der Waals surface area (Å²) in [5, 5.41) is 6.90. The number of benzene rings is 2. The third-order valence-corrected chi connectivity index (χ3v) is 4.35. The van der Waals surface area contributed by atoms with Gasteiger partial charge in [-0.2, -0.15) is 0 Å². The van der Waals surface area contributed by atoms with E-state index in [4.69, 9.17) is 12.2 Å². The van der Waals surface area contributed by atoms with Gasteiger partial charge in [0.15, 0.2) is 5.11 Å². The van der Waals surface area contributed by atoms with Crippen LogP contribution in [-0.4, -0.2) is 17.4 Å². The molecule has 0 aliphatic rings. The molecule has 22 heavy (non-hydrogen) atoms. The van der Waals surface area contributed by atoms with Crippen molar-refractivity contribution in [3.05, 3.63) is 65.5 Å². The van der Waals surface area contributed by atoms with Crippen molar-refractivity contribution in [1.82, 2.24) is 10.6 Å². The van der Waals surface area contributed by atoms with Crippen LogP contribution >= 0.6 is 24.0 Å². The molecule has 2 nitrogen and oxygen atoms in total. The zero-order valence-corrected chi connectivity index (χ0v) is 14.1. The molecule has 0 atom stereocenters. The van der Waals surface area contributed by atoms with Crippen LogP contribution in [0.25, 0.3) is 0 Å². The van der Waals surface area contributed by atoms with Crippen molar-refractivity contribution < 1.29 is 4.39 Å². The van der Waals surface area contributed by atoms with Crippen molar-refractivity contribution in [3.63, 3.8) is 0 Å². The average molecular weight is 334 g/mol. The quantitative estimate of drug-likeness (QED) is 0.475. The fourth-order valence-corrected chi connectivity index (χ4v) is 2.76. The summed E-state index contributed by atoms with van der Waals surface area (Å²) in [4.78, 5) is 1.26. The Morgan fingerprint density at radius 3 is 2.41 bits per heavy atom. The molecule has 0 aliphatic carbocycles. The van der Waals surface area contributed by atoms with Crippen LogP contribution in [0.1, 0.15) is 11.1 Å². The third kappa shape index (κ3) is 6.03. The molecule has 2 aromatic carbocycles. The summed E-state index contributed by atoms with van der Waals surface area (Å²) in [7, 11) is 0. The lowest BCUT2D eigenvalue weighted by molar-refractivity contribution is 0.626. The van der Waals surface area contributed by atoms with Gasteiger partial charge >= 0.3 is 0 Å². The smallest absolute Gasteiger partial charge is 0.166 e. The van der Waals surface area contributed by atoms with Gasteiger partial charge in [0.1, 0.15) is 5.82 Å². The van der Waals surface area contributed by atoms with Gasteiger partial charge in [-0.15, -0.1) is 11.8 Å². The van der Waals surface area contributed by atoms with Gasteiger partial charge in [-0.25, -0.2) is 4.39 Å². The molecule has 0 unspecified atom stereocenters. The van der Waals surface area contributed by atoms with Crippen LogP contribution in [0, 0.1) is 12.7 Å². The lowest BCUT2D eigenvalue weighted by atomic mass is 10.2. The van der Waals surface area contributed by atoms with E-state index in [2.05, 4.69) is 41.8 Å². The predicted octanol–water partition coefficient (Wildman–Crippen LogP) is 3.89. The van der Waals surface area contributed by atoms with Gasteiger partial charge in [-0.05, 0) is 49.0 Å². The van der Waals surface area contributed by atoms with Crippen molar-refractivity contribution in [2.45, 2.75) is 18.4 Å². The Labute approximate surface area is 140 Å². The maximum atomic E-state index is 12.8. The van der Waals surface area contributed by atoms with E-state index in [0.29, 0.717) is 11.7 Å². The van der Waals surface area contributed by atoms with E-state index in [1.807, 2.05) is 0 Å². The number of thiocarbonyl (C=S) groups is 1. The maximum absolute atomic E-state index is 12.8. The van der Waals surface area contributed by atoms with E-state index >= 15 is 0 Å². The number of halogens is 1. The molecule has 2 rings (SSSR count). The molecule has 0 bridgehead atoms. The zero-order chi connectivity index (χ0) is 15.8. The summed E-state index contributed by atoms with van der Waals surface area (Å²) in [5.41, 5.74) is 2.27. The summed E-state index contributed by atoms with van der Waals surface area (Å²) in [6.07, 6.45) is 0. The van der Waals surface area contributed by atoms with Crippen molar-refractivity contribution in [1.29, 1.82) is 0 Å². The normalized spacial score (nSPS) is 10.3. The summed E-state index contributed by atoms with van der Waals surface area (Å²) < 4.78 is 12.8. The molecule has 0 aromatic heterocycles.